The quantitative estimate of drug-likeness (QED) is 0.592. The molecule has 1 atom stereocenters. The Kier molecular flexibility index (Phi) is 4.64. The second-order valence-corrected chi connectivity index (χ2v) is 4.39. The normalized spacial score (nSPS) is 16.5. The summed E-state index contributed by atoms with van der Waals surface area (Å²) in [4.78, 5) is 10.7. The Morgan fingerprint density at radius 1 is 1.33 bits per heavy atom. The largest absolute Gasteiger partial charge is 0.497 e. The van der Waals surface area contributed by atoms with Gasteiger partial charge in [-0.05, 0) is 12.5 Å². The first-order chi connectivity index (χ1) is 10.1. The molecule has 0 saturated heterocycles. The van der Waals surface area contributed by atoms with Crippen LogP contribution in [0.3, 0.4) is 0 Å². The van der Waals surface area contributed by atoms with Crippen LogP contribution in [0.25, 0.3) is 6.08 Å². The van der Waals surface area contributed by atoms with Crippen LogP contribution < -0.4 is 14.2 Å². The zero-order valence-corrected chi connectivity index (χ0v) is 12.1. The molecule has 0 N–H and O–H groups in total. The number of methoxy groups -OCH3 is 2. The van der Waals surface area contributed by atoms with Gasteiger partial charge in [0.2, 0.25) is 0 Å². The fraction of sp³-hybridized carbons (Fsp3) is 0.429. The first kappa shape index (κ1) is 15.1. The molecule has 114 valence electrons. The number of benzene rings is 1. The number of rotatable bonds is 6. The lowest BCUT2D eigenvalue weighted by molar-refractivity contribution is -0.444. The number of fused-ring (bicyclic) bond motifs is 1. The number of hydrogen-bond acceptors (Lipinski definition) is 6. The van der Waals surface area contributed by atoms with E-state index in [0.29, 0.717) is 29.4 Å². The van der Waals surface area contributed by atoms with Gasteiger partial charge in [0.15, 0.2) is 11.5 Å². The van der Waals surface area contributed by atoms with Crippen molar-refractivity contribution in [2.24, 2.45) is 0 Å². The zero-order chi connectivity index (χ0) is 15.4. The second kappa shape index (κ2) is 6.45. The minimum Gasteiger partial charge on any atom is -0.497 e. The van der Waals surface area contributed by atoms with Crippen LogP contribution in [0.15, 0.2) is 17.8 Å². The van der Waals surface area contributed by atoms with Gasteiger partial charge in [-0.1, -0.05) is 6.92 Å². The fourth-order valence-corrected chi connectivity index (χ4v) is 1.98. The van der Waals surface area contributed by atoms with Crippen molar-refractivity contribution in [2.45, 2.75) is 19.6 Å². The highest BCUT2D eigenvalue weighted by molar-refractivity contribution is 5.68. The van der Waals surface area contributed by atoms with E-state index in [0.717, 1.165) is 6.42 Å². The van der Waals surface area contributed by atoms with Crippen molar-refractivity contribution in [3.05, 3.63) is 33.5 Å². The molecule has 1 heterocycles. The summed E-state index contributed by atoms with van der Waals surface area (Å²) in [7, 11) is 3.00. The van der Waals surface area contributed by atoms with Crippen molar-refractivity contribution < 1.29 is 23.9 Å². The van der Waals surface area contributed by atoms with Crippen molar-refractivity contribution in [1.29, 1.82) is 0 Å². The van der Waals surface area contributed by atoms with E-state index in [2.05, 4.69) is 0 Å². The van der Waals surface area contributed by atoms with E-state index in [1.165, 1.54) is 20.3 Å². The third-order valence-electron chi connectivity index (χ3n) is 2.97. The van der Waals surface area contributed by atoms with E-state index < -0.39 is 11.2 Å². The van der Waals surface area contributed by atoms with Gasteiger partial charge in [0.25, 0.3) is 6.29 Å². The Morgan fingerprint density at radius 2 is 2.10 bits per heavy atom. The van der Waals surface area contributed by atoms with Gasteiger partial charge in [-0.3, -0.25) is 10.1 Å². The molecule has 7 heteroatoms. The summed E-state index contributed by atoms with van der Waals surface area (Å²) >= 11 is 0. The molecule has 1 aromatic carbocycles. The average Bonchev–Trinajstić information content (AvgIpc) is 2.50. The molecule has 0 fully saturated rings. The Labute approximate surface area is 122 Å². The van der Waals surface area contributed by atoms with Gasteiger partial charge in [0.1, 0.15) is 5.75 Å². The molecule has 21 heavy (non-hydrogen) atoms. The summed E-state index contributed by atoms with van der Waals surface area (Å²) in [6.45, 7) is 2.28. The summed E-state index contributed by atoms with van der Waals surface area (Å²) in [5.74, 6) is 1.37. The molecule has 1 unspecified atom stereocenters. The van der Waals surface area contributed by atoms with Crippen LogP contribution in [0.2, 0.25) is 0 Å². The fourth-order valence-electron chi connectivity index (χ4n) is 1.98. The Bertz CT molecular complexity index is 569. The van der Waals surface area contributed by atoms with Crippen molar-refractivity contribution in [3.8, 4) is 17.2 Å². The summed E-state index contributed by atoms with van der Waals surface area (Å²) in [6, 6.07) is 3.30. The van der Waals surface area contributed by atoms with Gasteiger partial charge in [-0.2, -0.15) is 0 Å². The zero-order valence-electron chi connectivity index (χ0n) is 12.1. The Morgan fingerprint density at radius 3 is 2.67 bits per heavy atom. The maximum absolute atomic E-state index is 11.2. The van der Waals surface area contributed by atoms with Crippen molar-refractivity contribution in [1.82, 2.24) is 0 Å². The third-order valence-corrected chi connectivity index (χ3v) is 2.97. The van der Waals surface area contributed by atoms with Gasteiger partial charge >= 0.3 is 5.70 Å². The van der Waals surface area contributed by atoms with Crippen LogP contribution in [-0.4, -0.2) is 32.0 Å². The molecule has 0 bridgehead atoms. The molecule has 1 aliphatic heterocycles. The van der Waals surface area contributed by atoms with Crippen LogP contribution in [-0.2, 0) is 4.74 Å². The lowest BCUT2D eigenvalue weighted by Crippen LogP contribution is -2.30. The molecule has 0 radical (unpaired) electrons. The second-order valence-electron chi connectivity index (χ2n) is 4.39. The molecule has 0 aromatic heterocycles. The van der Waals surface area contributed by atoms with Crippen LogP contribution in [0, 0.1) is 10.1 Å². The Balaban J connectivity index is 2.46. The van der Waals surface area contributed by atoms with Crippen LogP contribution in [0.1, 0.15) is 18.9 Å². The predicted octanol–water partition coefficient (Wildman–Crippen LogP) is 2.47. The minimum absolute atomic E-state index is 0.147. The molecule has 1 aliphatic rings. The van der Waals surface area contributed by atoms with E-state index in [4.69, 9.17) is 18.9 Å². The molecule has 0 aliphatic carbocycles. The van der Waals surface area contributed by atoms with Gasteiger partial charge in [0, 0.05) is 17.7 Å². The molecule has 0 spiro atoms. The van der Waals surface area contributed by atoms with E-state index >= 15 is 0 Å². The first-order valence-corrected chi connectivity index (χ1v) is 6.51. The lowest BCUT2D eigenvalue weighted by atomic mass is 10.1. The van der Waals surface area contributed by atoms with Crippen molar-refractivity contribution in [3.63, 3.8) is 0 Å². The molecule has 2 rings (SSSR count). The molecule has 7 nitrogen and oxygen atoms in total. The molecule has 0 amide bonds. The van der Waals surface area contributed by atoms with Crippen LogP contribution in [0.4, 0.5) is 0 Å². The van der Waals surface area contributed by atoms with E-state index in [9.17, 15) is 10.1 Å². The van der Waals surface area contributed by atoms with Crippen LogP contribution in [0.5, 0.6) is 17.2 Å². The van der Waals surface area contributed by atoms with E-state index in [1.54, 1.807) is 12.1 Å². The topological polar surface area (TPSA) is 80.1 Å². The molecule has 1 aromatic rings. The maximum atomic E-state index is 11.2. The highest BCUT2D eigenvalue weighted by atomic mass is 16.7. The third kappa shape index (κ3) is 3.08. The standard InChI is InChI=1S/C14H17NO6/c1-4-5-20-14-11(15(16)17)7-9-6-10(18-2)8-12(19-3)13(9)21-14/h6-8,14H,4-5H2,1-3H3. The van der Waals surface area contributed by atoms with Gasteiger partial charge in [0.05, 0.1) is 25.7 Å². The monoisotopic (exact) mass is 295 g/mol. The highest BCUT2D eigenvalue weighted by Crippen LogP contribution is 2.41. The highest BCUT2D eigenvalue weighted by Gasteiger charge is 2.34. The van der Waals surface area contributed by atoms with Crippen LogP contribution >= 0.6 is 0 Å². The minimum atomic E-state index is -1.05. The average molecular weight is 295 g/mol. The Hall–Kier alpha value is -2.28. The van der Waals surface area contributed by atoms with E-state index in [-0.39, 0.29) is 5.70 Å². The molecular formula is C14H17NO6. The van der Waals surface area contributed by atoms with Crippen molar-refractivity contribution in [2.75, 3.05) is 20.8 Å². The van der Waals surface area contributed by atoms with Gasteiger partial charge < -0.3 is 18.9 Å². The first-order valence-electron chi connectivity index (χ1n) is 6.51. The maximum Gasteiger partial charge on any atom is 0.315 e. The lowest BCUT2D eigenvalue weighted by Gasteiger charge is -2.24. The summed E-state index contributed by atoms with van der Waals surface area (Å²) in [6.07, 6.45) is 1.11. The SMILES string of the molecule is CCCOC1Oc2c(cc(OC)cc2OC)C=C1[N+](=O)[O-]. The molecular weight excluding hydrogens is 278 g/mol. The predicted molar refractivity (Wildman–Crippen MR) is 75.2 cm³/mol. The smallest absolute Gasteiger partial charge is 0.315 e. The summed E-state index contributed by atoms with van der Waals surface area (Å²) in [5.41, 5.74) is 0.375. The van der Waals surface area contributed by atoms with Crippen molar-refractivity contribution >= 4 is 6.08 Å². The number of ether oxygens (including phenoxy) is 4. The number of nitrogens with zero attached hydrogens (tertiary/aromatic N) is 1. The molecule has 0 saturated carbocycles. The summed E-state index contributed by atoms with van der Waals surface area (Å²) < 4.78 is 21.4. The summed E-state index contributed by atoms with van der Waals surface area (Å²) in [5, 5.41) is 11.2. The number of hydrogen-bond donors (Lipinski definition) is 0. The van der Waals surface area contributed by atoms with Gasteiger partial charge in [-0.25, -0.2) is 0 Å². The van der Waals surface area contributed by atoms with Gasteiger partial charge in [-0.15, -0.1) is 0 Å². The van der Waals surface area contributed by atoms with E-state index in [1.807, 2.05) is 6.92 Å². The number of nitro groups is 1.